The zero-order valence-electron chi connectivity index (χ0n) is 27.1. The number of para-hydroxylation sites is 2. The van der Waals surface area contributed by atoms with E-state index in [-0.39, 0.29) is 0 Å². The molecule has 8 aromatic carbocycles. The fourth-order valence-corrected chi connectivity index (χ4v) is 7.44. The van der Waals surface area contributed by atoms with E-state index in [9.17, 15) is 0 Å². The third-order valence-electron chi connectivity index (χ3n) is 9.73. The minimum atomic E-state index is 0.923. The first kappa shape index (κ1) is 28.3. The number of rotatable bonds is 6. The molecule has 50 heavy (non-hydrogen) atoms. The van der Waals surface area contributed by atoms with E-state index in [0.717, 1.165) is 61.3 Å². The summed E-state index contributed by atoms with van der Waals surface area (Å²) in [5.41, 5.74) is 8.28. The van der Waals surface area contributed by atoms with E-state index in [1.54, 1.807) is 0 Å². The molecule has 0 amide bonds. The molecule has 0 aliphatic heterocycles. The van der Waals surface area contributed by atoms with Crippen molar-refractivity contribution in [2.75, 3.05) is 9.80 Å². The predicted octanol–water partition coefficient (Wildman–Crippen LogP) is 12.6. The van der Waals surface area contributed by atoms with E-state index in [2.05, 4.69) is 180 Å². The molecule has 234 valence electrons. The van der Waals surface area contributed by atoms with Gasteiger partial charge in [0.1, 0.15) is 0 Å². The summed E-state index contributed by atoms with van der Waals surface area (Å²) in [5, 5.41) is 9.27. The van der Waals surface area contributed by atoms with Gasteiger partial charge in [-0.1, -0.05) is 97.1 Å². The molecule has 0 fully saturated rings. The lowest BCUT2D eigenvalue weighted by Gasteiger charge is -2.27. The van der Waals surface area contributed by atoms with Crippen LogP contribution in [0.2, 0.25) is 0 Å². The topological polar surface area (TPSA) is 32.3 Å². The van der Waals surface area contributed by atoms with Gasteiger partial charge in [-0.2, -0.15) is 0 Å². The number of hydrogen-bond donors (Lipinski definition) is 0. The van der Waals surface area contributed by atoms with Crippen molar-refractivity contribution in [3.05, 3.63) is 182 Å². The minimum Gasteiger partial charge on any atom is -0.310 e. The molecule has 10 rings (SSSR count). The second-order valence-electron chi connectivity index (χ2n) is 12.8. The SMILES string of the molecule is c1ccc(N(c2ccc3ccccc3c2)c2cc3cnc4cc(N(c5ccccc5)c5ccc6ccccc6c5)cc5ncc(c2)c3c45)cc1. The molecule has 0 spiro atoms. The van der Waals surface area contributed by atoms with E-state index < -0.39 is 0 Å². The fraction of sp³-hybridized carbons (Fsp3) is 0. The number of hydrogen-bond acceptors (Lipinski definition) is 4. The Bertz CT molecular complexity index is 2570. The first-order chi connectivity index (χ1) is 24.8. The normalized spacial score (nSPS) is 11.6. The summed E-state index contributed by atoms with van der Waals surface area (Å²) in [4.78, 5) is 14.8. The molecule has 4 nitrogen and oxygen atoms in total. The van der Waals surface area contributed by atoms with Gasteiger partial charge in [-0.25, -0.2) is 0 Å². The highest BCUT2D eigenvalue weighted by Crippen LogP contribution is 2.43. The Labute approximate surface area is 289 Å². The van der Waals surface area contributed by atoms with E-state index >= 15 is 0 Å². The second-order valence-corrected chi connectivity index (χ2v) is 12.8. The quantitative estimate of drug-likeness (QED) is 0.170. The molecule has 2 aromatic heterocycles. The summed E-state index contributed by atoms with van der Waals surface area (Å²) >= 11 is 0. The van der Waals surface area contributed by atoms with Gasteiger partial charge in [-0.3, -0.25) is 9.97 Å². The maximum Gasteiger partial charge on any atom is 0.0751 e. The largest absolute Gasteiger partial charge is 0.310 e. The van der Waals surface area contributed by atoms with E-state index in [0.29, 0.717) is 0 Å². The van der Waals surface area contributed by atoms with Crippen LogP contribution in [0.25, 0.3) is 54.1 Å². The van der Waals surface area contributed by atoms with Crippen molar-refractivity contribution in [2.45, 2.75) is 0 Å². The third kappa shape index (κ3) is 4.69. The van der Waals surface area contributed by atoms with E-state index in [1.807, 2.05) is 12.4 Å². The maximum atomic E-state index is 5.09. The predicted molar refractivity (Wildman–Crippen MR) is 210 cm³/mol. The van der Waals surface area contributed by atoms with Gasteiger partial charge in [0.05, 0.1) is 16.7 Å². The molecule has 2 heterocycles. The van der Waals surface area contributed by atoms with Crippen LogP contribution in [0.3, 0.4) is 0 Å². The van der Waals surface area contributed by atoms with E-state index in [1.165, 1.54) is 26.9 Å². The molecule has 0 radical (unpaired) electrons. The van der Waals surface area contributed by atoms with Crippen molar-refractivity contribution in [3.8, 4) is 0 Å². The molecule has 10 aromatic rings. The van der Waals surface area contributed by atoms with Gasteiger partial charge >= 0.3 is 0 Å². The van der Waals surface area contributed by atoms with Gasteiger partial charge in [0, 0.05) is 62.4 Å². The van der Waals surface area contributed by atoms with Crippen molar-refractivity contribution in [1.29, 1.82) is 0 Å². The van der Waals surface area contributed by atoms with Crippen LogP contribution in [0.15, 0.2) is 182 Å². The molecule has 0 saturated carbocycles. The summed E-state index contributed by atoms with van der Waals surface area (Å²) < 4.78 is 0. The lowest BCUT2D eigenvalue weighted by atomic mass is 9.99. The van der Waals surface area contributed by atoms with Gasteiger partial charge in [0.15, 0.2) is 0 Å². The van der Waals surface area contributed by atoms with Crippen LogP contribution < -0.4 is 9.80 Å². The van der Waals surface area contributed by atoms with Gasteiger partial charge in [0.25, 0.3) is 0 Å². The second kappa shape index (κ2) is 11.4. The Morgan fingerprint density at radius 1 is 0.280 bits per heavy atom. The summed E-state index contributed by atoms with van der Waals surface area (Å²) in [6.45, 7) is 0. The number of nitrogens with zero attached hydrogens (tertiary/aromatic N) is 4. The lowest BCUT2D eigenvalue weighted by molar-refractivity contribution is 1.28. The highest BCUT2D eigenvalue weighted by Gasteiger charge is 2.20. The van der Waals surface area contributed by atoms with Crippen molar-refractivity contribution in [1.82, 2.24) is 9.97 Å². The number of aromatic nitrogens is 2. The Balaban J connectivity index is 1.14. The standard InChI is InChI=1S/C46H30N4/c1-3-15-37(16-4-1)49(39-21-19-31-11-7-9-13-33(31)23-39)41-25-35-29-47-43-27-42(28-44-46(43)45(35)36(26-41)30-48-44)50(38-17-5-2-6-18-38)40-22-20-32-12-8-10-14-34(32)24-40/h1-30H. The Kier molecular flexibility index (Phi) is 6.46. The zero-order valence-corrected chi connectivity index (χ0v) is 27.1. The van der Waals surface area contributed by atoms with Crippen molar-refractivity contribution >= 4 is 88.2 Å². The van der Waals surface area contributed by atoms with Crippen LogP contribution in [-0.2, 0) is 0 Å². The van der Waals surface area contributed by atoms with Crippen molar-refractivity contribution < 1.29 is 0 Å². The number of benzene rings is 8. The first-order valence-electron chi connectivity index (χ1n) is 16.9. The summed E-state index contributed by atoms with van der Waals surface area (Å²) in [5.74, 6) is 0. The molecule has 0 atom stereocenters. The van der Waals surface area contributed by atoms with Crippen LogP contribution in [0.5, 0.6) is 0 Å². The molecule has 0 unspecified atom stereocenters. The third-order valence-corrected chi connectivity index (χ3v) is 9.73. The lowest BCUT2D eigenvalue weighted by Crippen LogP contribution is -2.11. The molecule has 0 aliphatic rings. The number of anilines is 6. The van der Waals surface area contributed by atoms with Crippen LogP contribution in [0.1, 0.15) is 0 Å². The average molecular weight is 639 g/mol. The molecular weight excluding hydrogens is 609 g/mol. The monoisotopic (exact) mass is 638 g/mol. The summed E-state index contributed by atoms with van der Waals surface area (Å²) in [6.07, 6.45) is 4.04. The average Bonchev–Trinajstić information content (AvgIpc) is 3.18. The summed E-state index contributed by atoms with van der Waals surface area (Å²) in [7, 11) is 0. The molecule has 0 bridgehead atoms. The minimum absolute atomic E-state index is 0.923. The van der Waals surface area contributed by atoms with Crippen molar-refractivity contribution in [2.24, 2.45) is 0 Å². The Morgan fingerprint density at radius 3 is 1.16 bits per heavy atom. The highest BCUT2D eigenvalue weighted by atomic mass is 15.1. The van der Waals surface area contributed by atoms with Crippen LogP contribution in [-0.4, -0.2) is 9.97 Å². The van der Waals surface area contributed by atoms with E-state index in [4.69, 9.17) is 9.97 Å². The zero-order chi connectivity index (χ0) is 33.0. The Hall–Kier alpha value is -6.78. The van der Waals surface area contributed by atoms with Crippen LogP contribution >= 0.6 is 0 Å². The number of fused-ring (bicyclic) bond motifs is 2. The van der Waals surface area contributed by atoms with Gasteiger partial charge < -0.3 is 9.80 Å². The number of pyridine rings is 2. The van der Waals surface area contributed by atoms with Gasteiger partial charge in [-0.15, -0.1) is 0 Å². The molecule has 0 N–H and O–H groups in total. The van der Waals surface area contributed by atoms with Crippen molar-refractivity contribution in [3.63, 3.8) is 0 Å². The molecule has 0 aliphatic carbocycles. The Morgan fingerprint density at radius 2 is 0.680 bits per heavy atom. The molecule has 4 heteroatoms. The molecule has 0 saturated heterocycles. The van der Waals surface area contributed by atoms with Crippen LogP contribution in [0.4, 0.5) is 34.1 Å². The van der Waals surface area contributed by atoms with Gasteiger partial charge in [-0.05, 0) is 94.3 Å². The van der Waals surface area contributed by atoms with Crippen LogP contribution in [0, 0.1) is 0 Å². The van der Waals surface area contributed by atoms with Gasteiger partial charge in [0.2, 0.25) is 0 Å². The highest BCUT2D eigenvalue weighted by molar-refractivity contribution is 6.22. The smallest absolute Gasteiger partial charge is 0.0751 e. The fourth-order valence-electron chi connectivity index (χ4n) is 7.44. The summed E-state index contributed by atoms with van der Waals surface area (Å²) in [6, 6.07) is 60.3. The maximum absolute atomic E-state index is 5.09. The molecular formula is C46H30N4. The first-order valence-corrected chi connectivity index (χ1v) is 16.9.